The zero-order valence-corrected chi connectivity index (χ0v) is 21.4. The Kier molecular flexibility index (Phi) is 9.43. The van der Waals surface area contributed by atoms with Crippen molar-refractivity contribution >= 4 is 34.0 Å². The van der Waals surface area contributed by atoms with Gasteiger partial charge in [0.05, 0.1) is 18.4 Å². The molecule has 0 fully saturated rings. The molecule has 0 saturated carbocycles. The minimum Gasteiger partial charge on any atom is -0.494 e. The molecule has 0 spiro atoms. The Morgan fingerprint density at radius 2 is 1.63 bits per heavy atom. The van der Waals surface area contributed by atoms with Crippen molar-refractivity contribution in [1.82, 2.24) is 5.43 Å². The van der Waals surface area contributed by atoms with Crippen molar-refractivity contribution < 1.29 is 23.8 Å². The van der Waals surface area contributed by atoms with Crippen LogP contribution in [0.25, 0.3) is 0 Å². The van der Waals surface area contributed by atoms with Gasteiger partial charge in [-0.2, -0.15) is 5.10 Å². The van der Waals surface area contributed by atoms with Crippen LogP contribution in [0.5, 0.6) is 17.2 Å². The highest BCUT2D eigenvalue weighted by Crippen LogP contribution is 2.23. The van der Waals surface area contributed by atoms with Gasteiger partial charge in [0.15, 0.2) is 6.61 Å². The van der Waals surface area contributed by atoms with Crippen molar-refractivity contribution in [1.29, 1.82) is 0 Å². The lowest BCUT2D eigenvalue weighted by Gasteiger charge is -2.09. The van der Waals surface area contributed by atoms with Crippen LogP contribution < -0.4 is 19.6 Å². The maximum Gasteiger partial charge on any atom is 0.343 e. The third kappa shape index (κ3) is 7.96. The van der Waals surface area contributed by atoms with Crippen molar-refractivity contribution in [2.75, 3.05) is 13.2 Å². The molecule has 0 aliphatic rings. The van der Waals surface area contributed by atoms with E-state index in [1.165, 1.54) is 11.8 Å². The van der Waals surface area contributed by atoms with Crippen LogP contribution in [-0.2, 0) is 4.79 Å². The lowest BCUT2D eigenvalue weighted by atomic mass is 10.0. The van der Waals surface area contributed by atoms with Gasteiger partial charge in [-0.3, -0.25) is 4.79 Å². The van der Waals surface area contributed by atoms with E-state index in [2.05, 4.69) is 40.3 Å². The molecule has 0 aliphatic heterocycles. The van der Waals surface area contributed by atoms with Crippen LogP contribution >= 0.6 is 15.9 Å². The summed E-state index contributed by atoms with van der Waals surface area (Å²) in [5.41, 5.74) is 4.50. The summed E-state index contributed by atoms with van der Waals surface area (Å²) in [6.07, 6.45) is 1.40. The number of hydrogen-bond donors (Lipinski definition) is 1. The first-order valence-electron chi connectivity index (χ1n) is 11.1. The van der Waals surface area contributed by atoms with Crippen LogP contribution in [0.3, 0.4) is 0 Å². The Labute approximate surface area is 213 Å². The standard InChI is InChI=1S/C27H27BrN2O5/c1-4-33-23-12-7-20(8-13-23)27(32)35-25-14-9-22(28)15-21(25)16-29-30-26(31)17-34-24-10-5-19(6-11-24)18(2)3/h5-16,18H,4,17H2,1-3H3,(H,30,31)/b29-16-. The van der Waals surface area contributed by atoms with Gasteiger partial charge in [0, 0.05) is 10.0 Å². The summed E-state index contributed by atoms with van der Waals surface area (Å²) < 4.78 is 17.2. The SMILES string of the molecule is CCOc1ccc(C(=O)Oc2ccc(Br)cc2/C=N\NC(=O)COc2ccc(C(C)C)cc2)cc1. The molecule has 0 aliphatic carbocycles. The molecule has 0 radical (unpaired) electrons. The number of rotatable bonds is 10. The summed E-state index contributed by atoms with van der Waals surface area (Å²) in [6.45, 7) is 6.47. The van der Waals surface area contributed by atoms with Gasteiger partial charge in [-0.1, -0.05) is 41.9 Å². The van der Waals surface area contributed by atoms with Crippen LogP contribution in [-0.4, -0.2) is 31.3 Å². The molecular formula is C27H27BrN2O5. The Morgan fingerprint density at radius 1 is 0.971 bits per heavy atom. The molecule has 0 aromatic heterocycles. The molecule has 0 atom stereocenters. The average Bonchev–Trinajstić information content (AvgIpc) is 2.85. The fourth-order valence-corrected chi connectivity index (χ4v) is 3.41. The quantitative estimate of drug-likeness (QED) is 0.154. The Morgan fingerprint density at radius 3 is 2.29 bits per heavy atom. The second kappa shape index (κ2) is 12.7. The first-order chi connectivity index (χ1) is 16.9. The van der Waals surface area contributed by atoms with Gasteiger partial charge in [0.2, 0.25) is 0 Å². The van der Waals surface area contributed by atoms with Gasteiger partial charge in [-0.05, 0) is 73.0 Å². The maximum atomic E-state index is 12.6. The number of ether oxygens (including phenoxy) is 3. The second-order valence-electron chi connectivity index (χ2n) is 7.83. The van der Waals surface area contributed by atoms with E-state index in [9.17, 15) is 9.59 Å². The lowest BCUT2D eigenvalue weighted by molar-refractivity contribution is -0.123. The van der Waals surface area contributed by atoms with Crippen molar-refractivity contribution in [3.8, 4) is 17.2 Å². The summed E-state index contributed by atoms with van der Waals surface area (Å²) in [5, 5.41) is 3.97. The molecule has 1 N–H and O–H groups in total. The summed E-state index contributed by atoms with van der Waals surface area (Å²) in [7, 11) is 0. The third-order valence-corrected chi connectivity index (χ3v) is 5.38. The van der Waals surface area contributed by atoms with Gasteiger partial charge < -0.3 is 14.2 Å². The zero-order valence-electron chi connectivity index (χ0n) is 19.8. The molecule has 8 heteroatoms. The topological polar surface area (TPSA) is 86.2 Å². The number of hydrogen-bond acceptors (Lipinski definition) is 6. The molecule has 3 aromatic carbocycles. The second-order valence-corrected chi connectivity index (χ2v) is 8.75. The number of hydrazone groups is 1. The summed E-state index contributed by atoms with van der Waals surface area (Å²) in [6, 6.07) is 19.4. The zero-order chi connectivity index (χ0) is 25.2. The number of benzene rings is 3. The van der Waals surface area contributed by atoms with E-state index in [1.54, 1.807) is 42.5 Å². The molecule has 35 heavy (non-hydrogen) atoms. The van der Waals surface area contributed by atoms with Gasteiger partial charge in [0.25, 0.3) is 5.91 Å². The molecule has 7 nitrogen and oxygen atoms in total. The van der Waals surface area contributed by atoms with Crippen molar-refractivity contribution in [3.63, 3.8) is 0 Å². The fourth-order valence-electron chi connectivity index (χ4n) is 3.03. The highest BCUT2D eigenvalue weighted by atomic mass is 79.9. The molecule has 3 aromatic rings. The summed E-state index contributed by atoms with van der Waals surface area (Å²) in [5.74, 6) is 1.05. The third-order valence-electron chi connectivity index (χ3n) is 4.89. The smallest absolute Gasteiger partial charge is 0.343 e. The number of esters is 1. The molecule has 0 heterocycles. The highest BCUT2D eigenvalue weighted by molar-refractivity contribution is 9.10. The average molecular weight is 539 g/mol. The monoisotopic (exact) mass is 538 g/mol. The number of amides is 1. The van der Waals surface area contributed by atoms with Crippen LogP contribution in [0.15, 0.2) is 76.3 Å². The van der Waals surface area contributed by atoms with Gasteiger partial charge in [0.1, 0.15) is 17.2 Å². The number of nitrogens with zero attached hydrogens (tertiary/aromatic N) is 1. The summed E-state index contributed by atoms with van der Waals surface area (Å²) >= 11 is 3.39. The summed E-state index contributed by atoms with van der Waals surface area (Å²) in [4.78, 5) is 24.7. The van der Waals surface area contributed by atoms with Crippen molar-refractivity contribution in [2.45, 2.75) is 26.7 Å². The first kappa shape index (κ1) is 26.0. The maximum absolute atomic E-state index is 12.6. The lowest BCUT2D eigenvalue weighted by Crippen LogP contribution is -2.24. The Bertz CT molecular complexity index is 1180. The normalized spacial score (nSPS) is 10.9. The van der Waals surface area contributed by atoms with E-state index in [0.717, 1.165) is 4.47 Å². The van der Waals surface area contributed by atoms with E-state index < -0.39 is 11.9 Å². The predicted octanol–water partition coefficient (Wildman–Crippen LogP) is 5.72. The highest BCUT2D eigenvalue weighted by Gasteiger charge is 2.12. The molecule has 0 saturated heterocycles. The van der Waals surface area contributed by atoms with Crippen LogP contribution in [0.1, 0.15) is 48.2 Å². The minimum absolute atomic E-state index is 0.184. The molecule has 182 valence electrons. The Balaban J connectivity index is 1.58. The molecule has 0 bridgehead atoms. The van der Waals surface area contributed by atoms with Gasteiger partial charge >= 0.3 is 5.97 Å². The first-order valence-corrected chi connectivity index (χ1v) is 11.9. The largest absolute Gasteiger partial charge is 0.494 e. The minimum atomic E-state index is -0.522. The molecule has 3 rings (SSSR count). The van der Waals surface area contributed by atoms with Crippen LogP contribution in [0.4, 0.5) is 0 Å². The van der Waals surface area contributed by atoms with Crippen molar-refractivity contribution in [3.05, 3.63) is 87.9 Å². The van der Waals surface area contributed by atoms with Crippen molar-refractivity contribution in [2.24, 2.45) is 5.10 Å². The predicted molar refractivity (Wildman–Crippen MR) is 138 cm³/mol. The number of nitrogens with one attached hydrogen (secondary N) is 1. The Hall–Kier alpha value is -3.65. The van der Waals surface area contributed by atoms with E-state index in [0.29, 0.717) is 40.9 Å². The fraction of sp³-hybridized carbons (Fsp3) is 0.222. The molecule has 0 unspecified atom stereocenters. The van der Waals surface area contributed by atoms with Gasteiger partial charge in [-0.25, -0.2) is 10.2 Å². The number of carbonyl (C=O) groups excluding carboxylic acids is 2. The van der Waals surface area contributed by atoms with E-state index in [1.807, 2.05) is 31.2 Å². The molecular weight excluding hydrogens is 512 g/mol. The van der Waals surface area contributed by atoms with E-state index >= 15 is 0 Å². The number of halogens is 1. The number of carbonyl (C=O) groups is 2. The van der Waals surface area contributed by atoms with Crippen LogP contribution in [0, 0.1) is 0 Å². The molecule has 1 amide bonds. The van der Waals surface area contributed by atoms with E-state index in [4.69, 9.17) is 14.2 Å². The van der Waals surface area contributed by atoms with E-state index in [-0.39, 0.29) is 6.61 Å². The van der Waals surface area contributed by atoms with Crippen LogP contribution in [0.2, 0.25) is 0 Å². The van der Waals surface area contributed by atoms with Gasteiger partial charge in [-0.15, -0.1) is 0 Å².